The van der Waals surface area contributed by atoms with Crippen molar-refractivity contribution in [1.29, 1.82) is 0 Å². The van der Waals surface area contributed by atoms with Crippen molar-refractivity contribution in [2.45, 2.75) is 19.8 Å². The fraction of sp³-hybridized carbons (Fsp3) is 0.458. The molecule has 3 N–H and O–H groups in total. The first-order chi connectivity index (χ1) is 15.1. The number of fused-ring (bicyclic) bond motifs is 6. The minimum Gasteiger partial charge on any atom is -0.358 e. The average molecular weight is 547 g/mol. The number of allylic oxidation sites excluding steroid dienone is 2. The SMILES string of the molecule is CN=C(NCCc1c(C)[nH]c2ccccc12)NCCN1C(=O)C2C3C=CC(C3)C2C1=O.I. The zero-order chi connectivity index (χ0) is 21.5. The van der Waals surface area contributed by atoms with Crippen molar-refractivity contribution in [1.82, 2.24) is 20.5 Å². The van der Waals surface area contributed by atoms with Gasteiger partial charge in [-0.2, -0.15) is 0 Å². The molecule has 2 heterocycles. The van der Waals surface area contributed by atoms with Crippen molar-refractivity contribution in [2.24, 2.45) is 28.7 Å². The summed E-state index contributed by atoms with van der Waals surface area (Å²) >= 11 is 0. The van der Waals surface area contributed by atoms with Gasteiger partial charge in [0.05, 0.1) is 11.8 Å². The van der Waals surface area contributed by atoms with Crippen LogP contribution in [0.2, 0.25) is 0 Å². The molecule has 1 saturated carbocycles. The Labute approximate surface area is 205 Å². The Bertz CT molecular complexity index is 1060. The van der Waals surface area contributed by atoms with Crippen LogP contribution in [-0.2, 0) is 16.0 Å². The number of guanidine groups is 1. The summed E-state index contributed by atoms with van der Waals surface area (Å²) in [6.45, 7) is 3.71. The van der Waals surface area contributed by atoms with E-state index < -0.39 is 0 Å². The molecule has 170 valence electrons. The summed E-state index contributed by atoms with van der Waals surface area (Å²) in [5, 5.41) is 7.83. The van der Waals surface area contributed by atoms with E-state index in [-0.39, 0.29) is 59.5 Å². The number of carbonyl (C=O) groups is 2. The lowest BCUT2D eigenvalue weighted by Gasteiger charge is -2.18. The monoisotopic (exact) mass is 547 g/mol. The number of aryl methyl sites for hydroxylation is 1. The third-order valence-corrected chi connectivity index (χ3v) is 7.11. The van der Waals surface area contributed by atoms with Gasteiger partial charge < -0.3 is 15.6 Å². The van der Waals surface area contributed by atoms with E-state index in [1.165, 1.54) is 21.5 Å². The molecule has 2 fully saturated rings. The molecule has 7 nitrogen and oxygen atoms in total. The molecule has 1 aromatic carbocycles. The minimum atomic E-state index is -0.126. The highest BCUT2D eigenvalue weighted by atomic mass is 127. The number of H-pyrrole nitrogens is 1. The van der Waals surface area contributed by atoms with Crippen molar-refractivity contribution in [2.75, 3.05) is 26.7 Å². The molecule has 2 bridgehead atoms. The number of aromatic amines is 1. The van der Waals surface area contributed by atoms with E-state index in [4.69, 9.17) is 0 Å². The number of rotatable bonds is 6. The Kier molecular flexibility index (Phi) is 6.60. The Morgan fingerprint density at radius 1 is 1.09 bits per heavy atom. The number of aliphatic imine (C=N–C) groups is 1. The fourth-order valence-electron chi connectivity index (χ4n) is 5.65. The van der Waals surface area contributed by atoms with E-state index in [1.807, 2.05) is 6.07 Å². The number of nitrogens with one attached hydrogen (secondary N) is 3. The lowest BCUT2D eigenvalue weighted by molar-refractivity contribution is -0.140. The Balaban J connectivity index is 0.00000245. The zero-order valence-electron chi connectivity index (χ0n) is 18.4. The van der Waals surface area contributed by atoms with Gasteiger partial charge in [0.2, 0.25) is 11.8 Å². The molecule has 4 unspecified atom stereocenters. The maximum atomic E-state index is 12.8. The van der Waals surface area contributed by atoms with Gasteiger partial charge in [-0.3, -0.25) is 19.5 Å². The number of likely N-dealkylation sites (tertiary alicyclic amines) is 1. The number of nitrogens with zero attached hydrogens (tertiary/aromatic N) is 2. The number of benzene rings is 1. The summed E-state index contributed by atoms with van der Waals surface area (Å²) in [4.78, 5) is 34.7. The second kappa shape index (κ2) is 9.25. The summed E-state index contributed by atoms with van der Waals surface area (Å²) in [6.07, 6.45) is 6.09. The summed E-state index contributed by atoms with van der Waals surface area (Å²) in [5.41, 5.74) is 3.65. The smallest absolute Gasteiger partial charge is 0.233 e. The van der Waals surface area contributed by atoms with Gasteiger partial charge in [-0.25, -0.2) is 0 Å². The van der Waals surface area contributed by atoms with E-state index in [1.54, 1.807) is 7.05 Å². The Morgan fingerprint density at radius 2 is 1.75 bits per heavy atom. The maximum absolute atomic E-state index is 12.8. The first-order valence-electron chi connectivity index (χ1n) is 11.1. The summed E-state index contributed by atoms with van der Waals surface area (Å²) in [6, 6.07) is 8.33. The Hall–Kier alpha value is -2.36. The normalized spacial score (nSPS) is 26.1. The number of hydrogen-bond donors (Lipinski definition) is 3. The third-order valence-electron chi connectivity index (χ3n) is 7.11. The van der Waals surface area contributed by atoms with Gasteiger partial charge in [-0.1, -0.05) is 30.4 Å². The fourth-order valence-corrected chi connectivity index (χ4v) is 5.65. The van der Waals surface area contributed by atoms with Crippen molar-refractivity contribution in [3.8, 4) is 0 Å². The largest absolute Gasteiger partial charge is 0.358 e. The molecule has 32 heavy (non-hydrogen) atoms. The third kappa shape index (κ3) is 3.82. The molecule has 2 amide bonds. The summed E-state index contributed by atoms with van der Waals surface area (Å²) in [7, 11) is 1.73. The molecule has 4 atom stereocenters. The van der Waals surface area contributed by atoms with Crippen LogP contribution < -0.4 is 10.6 Å². The molecule has 5 rings (SSSR count). The van der Waals surface area contributed by atoms with Crippen molar-refractivity contribution in [3.63, 3.8) is 0 Å². The van der Waals surface area contributed by atoms with Crippen LogP contribution in [-0.4, -0.2) is 54.3 Å². The number of hydrogen-bond acceptors (Lipinski definition) is 3. The standard InChI is InChI=1S/C24H29N5O2.HI/c1-14-17(18-5-3-4-6-19(18)28-14)9-10-26-24(25-2)27-11-12-29-22(30)20-15-7-8-16(13-15)21(20)23(29)31;/h3-8,15-16,20-21,28H,9-13H2,1-2H3,(H2,25,26,27);1H. The van der Waals surface area contributed by atoms with Crippen molar-refractivity contribution < 1.29 is 9.59 Å². The molecule has 3 aliphatic rings. The molecular formula is C24H30IN5O2. The molecule has 8 heteroatoms. The first kappa shape index (κ1) is 22.8. The van der Waals surface area contributed by atoms with Crippen LogP contribution >= 0.6 is 24.0 Å². The molecule has 0 spiro atoms. The predicted molar refractivity (Wildman–Crippen MR) is 136 cm³/mol. The average Bonchev–Trinajstić information content (AvgIpc) is 3.51. The van der Waals surface area contributed by atoms with E-state index in [2.05, 4.69) is 57.9 Å². The zero-order valence-corrected chi connectivity index (χ0v) is 20.8. The van der Waals surface area contributed by atoms with Gasteiger partial charge >= 0.3 is 0 Å². The molecule has 2 aromatic rings. The number of halogens is 1. The highest BCUT2D eigenvalue weighted by Crippen LogP contribution is 2.52. The quantitative estimate of drug-likeness (QED) is 0.171. The van der Waals surface area contributed by atoms with E-state index in [0.717, 1.165) is 24.9 Å². The van der Waals surface area contributed by atoms with Crippen LogP contribution in [0.25, 0.3) is 10.9 Å². The number of aromatic nitrogens is 1. The van der Waals surface area contributed by atoms with E-state index in [9.17, 15) is 9.59 Å². The predicted octanol–water partition coefficient (Wildman–Crippen LogP) is 2.61. The highest BCUT2D eigenvalue weighted by Gasteiger charge is 2.58. The van der Waals surface area contributed by atoms with E-state index >= 15 is 0 Å². The van der Waals surface area contributed by atoms with Gasteiger partial charge in [0, 0.05) is 43.3 Å². The van der Waals surface area contributed by atoms with Crippen LogP contribution in [0.5, 0.6) is 0 Å². The lowest BCUT2D eigenvalue weighted by Crippen LogP contribution is -2.44. The Morgan fingerprint density at radius 3 is 2.44 bits per heavy atom. The van der Waals surface area contributed by atoms with E-state index in [0.29, 0.717) is 19.0 Å². The van der Waals surface area contributed by atoms with Gasteiger partial charge in [0.25, 0.3) is 0 Å². The first-order valence-corrected chi connectivity index (χ1v) is 11.1. The van der Waals surface area contributed by atoms with Crippen LogP contribution in [0, 0.1) is 30.6 Å². The molecule has 0 radical (unpaired) electrons. The van der Waals surface area contributed by atoms with Crippen molar-refractivity contribution in [3.05, 3.63) is 47.7 Å². The van der Waals surface area contributed by atoms with Gasteiger partial charge in [0.15, 0.2) is 5.96 Å². The second-order valence-corrected chi connectivity index (χ2v) is 8.78. The second-order valence-electron chi connectivity index (χ2n) is 8.78. The maximum Gasteiger partial charge on any atom is 0.233 e. The molecule has 1 saturated heterocycles. The van der Waals surface area contributed by atoms with Crippen LogP contribution in [0.3, 0.4) is 0 Å². The minimum absolute atomic E-state index is 0. The summed E-state index contributed by atoms with van der Waals surface area (Å²) in [5.74, 6) is 0.952. The van der Waals surface area contributed by atoms with Crippen LogP contribution in [0.1, 0.15) is 17.7 Å². The number of amides is 2. The van der Waals surface area contributed by atoms with Gasteiger partial charge in [0.1, 0.15) is 0 Å². The van der Waals surface area contributed by atoms with Gasteiger partial charge in [-0.05, 0) is 43.2 Å². The number of carbonyl (C=O) groups excluding carboxylic acids is 2. The lowest BCUT2D eigenvalue weighted by atomic mass is 9.85. The number of imide groups is 1. The highest BCUT2D eigenvalue weighted by molar-refractivity contribution is 14.0. The summed E-state index contributed by atoms with van der Waals surface area (Å²) < 4.78 is 0. The molecule has 2 aliphatic carbocycles. The van der Waals surface area contributed by atoms with Gasteiger partial charge in [-0.15, -0.1) is 24.0 Å². The number of para-hydroxylation sites is 1. The molecule has 1 aromatic heterocycles. The van der Waals surface area contributed by atoms with Crippen LogP contribution in [0.15, 0.2) is 41.4 Å². The topological polar surface area (TPSA) is 89.6 Å². The molecule has 1 aliphatic heterocycles. The molecular weight excluding hydrogens is 517 g/mol. The van der Waals surface area contributed by atoms with Crippen molar-refractivity contribution >= 4 is 52.7 Å². The van der Waals surface area contributed by atoms with Crippen LogP contribution in [0.4, 0.5) is 0 Å².